The number of hydrogen-bond acceptors (Lipinski definition) is 6. The van der Waals surface area contributed by atoms with Crippen LogP contribution in [0.3, 0.4) is 0 Å². The predicted molar refractivity (Wildman–Crippen MR) is 78.9 cm³/mol. The second-order valence-electron chi connectivity index (χ2n) is 3.61. The third kappa shape index (κ3) is 12.5. The van der Waals surface area contributed by atoms with Crippen LogP contribution in [0.15, 0.2) is 36.4 Å². The summed E-state index contributed by atoms with van der Waals surface area (Å²) >= 11 is 0. The number of aliphatic hydroxyl groups is 2. The van der Waals surface area contributed by atoms with Crippen LogP contribution >= 0.6 is 0 Å². The summed E-state index contributed by atoms with van der Waals surface area (Å²) in [5, 5.41) is 48.0. The van der Waals surface area contributed by atoms with E-state index >= 15 is 0 Å². The van der Waals surface area contributed by atoms with Crippen molar-refractivity contribution in [3.05, 3.63) is 47.5 Å². The van der Waals surface area contributed by atoms with Crippen molar-refractivity contribution in [3.8, 4) is 0 Å². The van der Waals surface area contributed by atoms with E-state index in [4.69, 9.17) is 30.6 Å². The maximum Gasteiger partial charge on any atom is 0.336 e. The van der Waals surface area contributed by atoms with E-state index in [0.29, 0.717) is 12.2 Å². The third-order valence-corrected chi connectivity index (χ3v) is 1.86. The van der Waals surface area contributed by atoms with Crippen molar-refractivity contribution < 1.29 is 49.8 Å². The van der Waals surface area contributed by atoms with Crippen LogP contribution in [0.5, 0.6) is 0 Å². The highest BCUT2D eigenvalue weighted by Gasteiger charge is 2.13. The fraction of sp³-hybridized carbons (Fsp3) is 0.143. The summed E-state index contributed by atoms with van der Waals surface area (Å²) in [6.07, 6.45) is 1.12. The van der Waals surface area contributed by atoms with Crippen LogP contribution in [0, 0.1) is 0 Å². The lowest BCUT2D eigenvalue weighted by Crippen LogP contribution is -2.06. The molecule has 1 aromatic carbocycles. The van der Waals surface area contributed by atoms with Gasteiger partial charge in [-0.1, -0.05) is 12.1 Å². The SMILES string of the molecule is O=C(O)C=CC(=O)O.O=C(O)c1ccccc1C(=O)O.OCCO. The van der Waals surface area contributed by atoms with Crippen molar-refractivity contribution in [3.63, 3.8) is 0 Å². The molecule has 0 aromatic heterocycles. The molecule has 6 N–H and O–H groups in total. The summed E-state index contributed by atoms with van der Waals surface area (Å²) in [6, 6.07) is 5.48. The summed E-state index contributed by atoms with van der Waals surface area (Å²) in [6.45, 7) is -0.250. The minimum atomic E-state index is -1.26. The zero-order valence-corrected chi connectivity index (χ0v) is 12.2. The first-order chi connectivity index (χ1) is 11.2. The normalized spacial score (nSPS) is 9.08. The van der Waals surface area contributed by atoms with Gasteiger partial charge in [0.1, 0.15) is 0 Å². The third-order valence-electron chi connectivity index (χ3n) is 1.86. The molecule has 0 saturated heterocycles. The smallest absolute Gasteiger partial charge is 0.336 e. The quantitative estimate of drug-likeness (QED) is 0.389. The molecule has 0 saturated carbocycles. The topological polar surface area (TPSA) is 190 Å². The molecule has 0 unspecified atom stereocenters. The van der Waals surface area contributed by atoms with Gasteiger partial charge in [-0.2, -0.15) is 0 Å². The maximum absolute atomic E-state index is 10.5. The summed E-state index contributed by atoms with van der Waals surface area (Å²) in [4.78, 5) is 40.0. The van der Waals surface area contributed by atoms with E-state index < -0.39 is 23.9 Å². The molecule has 0 amide bonds. The van der Waals surface area contributed by atoms with Crippen LogP contribution in [0.2, 0.25) is 0 Å². The summed E-state index contributed by atoms with van der Waals surface area (Å²) < 4.78 is 0. The first kappa shape index (κ1) is 23.0. The molecule has 0 fully saturated rings. The van der Waals surface area contributed by atoms with Gasteiger partial charge in [0.05, 0.1) is 24.3 Å². The highest BCUT2D eigenvalue weighted by atomic mass is 16.4. The second-order valence-corrected chi connectivity index (χ2v) is 3.61. The van der Waals surface area contributed by atoms with E-state index in [1.165, 1.54) is 24.3 Å². The van der Waals surface area contributed by atoms with E-state index in [1.807, 2.05) is 0 Å². The summed E-state index contributed by atoms with van der Waals surface area (Å²) in [5.41, 5.74) is -0.380. The predicted octanol–water partition coefficient (Wildman–Crippen LogP) is -0.234. The molecule has 0 aliphatic carbocycles. The van der Waals surface area contributed by atoms with Crippen molar-refractivity contribution >= 4 is 23.9 Å². The number of carboxylic acid groups (broad SMARTS) is 4. The molecule has 0 aliphatic heterocycles. The number of benzene rings is 1. The van der Waals surface area contributed by atoms with E-state index in [-0.39, 0.29) is 24.3 Å². The van der Waals surface area contributed by atoms with Gasteiger partial charge in [0.25, 0.3) is 0 Å². The maximum atomic E-state index is 10.5. The number of carbonyl (C=O) groups is 4. The number of aromatic carboxylic acids is 2. The minimum absolute atomic E-state index is 0.125. The number of aliphatic hydroxyl groups excluding tert-OH is 2. The lowest BCUT2D eigenvalue weighted by Gasteiger charge is -1.98. The Morgan fingerprint density at radius 2 is 1.00 bits per heavy atom. The Labute approximate surface area is 135 Å². The fourth-order valence-corrected chi connectivity index (χ4v) is 0.999. The van der Waals surface area contributed by atoms with Crippen LogP contribution in [0.1, 0.15) is 20.7 Å². The van der Waals surface area contributed by atoms with Gasteiger partial charge in [0.15, 0.2) is 0 Å². The van der Waals surface area contributed by atoms with Gasteiger partial charge in [0, 0.05) is 12.2 Å². The summed E-state index contributed by atoms with van der Waals surface area (Å²) in [7, 11) is 0. The van der Waals surface area contributed by atoms with Gasteiger partial charge >= 0.3 is 23.9 Å². The Hall–Kier alpha value is -3.24. The molecular weight excluding hydrogens is 328 g/mol. The van der Waals surface area contributed by atoms with Crippen LogP contribution in [0.4, 0.5) is 0 Å². The van der Waals surface area contributed by atoms with Crippen molar-refractivity contribution in [2.24, 2.45) is 0 Å². The van der Waals surface area contributed by atoms with E-state index in [0.717, 1.165) is 0 Å². The molecule has 0 aliphatic rings. The lowest BCUT2D eigenvalue weighted by molar-refractivity contribution is -0.134. The van der Waals surface area contributed by atoms with Gasteiger partial charge in [-0.15, -0.1) is 0 Å². The molecule has 0 bridgehead atoms. The molecule has 1 aromatic rings. The van der Waals surface area contributed by atoms with Crippen molar-refractivity contribution in [2.45, 2.75) is 0 Å². The Balaban J connectivity index is 0. The van der Waals surface area contributed by atoms with Gasteiger partial charge in [0.2, 0.25) is 0 Å². The van der Waals surface area contributed by atoms with E-state index in [2.05, 4.69) is 0 Å². The Bertz CT molecular complexity index is 540. The van der Waals surface area contributed by atoms with Crippen LogP contribution < -0.4 is 0 Å². The van der Waals surface area contributed by atoms with Gasteiger partial charge in [-0.05, 0) is 12.1 Å². The molecule has 0 spiro atoms. The number of carboxylic acids is 4. The fourth-order valence-electron chi connectivity index (χ4n) is 0.999. The molecule has 10 heteroatoms. The van der Waals surface area contributed by atoms with Crippen molar-refractivity contribution in [1.29, 1.82) is 0 Å². The van der Waals surface area contributed by atoms with Gasteiger partial charge in [-0.3, -0.25) is 0 Å². The molecule has 24 heavy (non-hydrogen) atoms. The van der Waals surface area contributed by atoms with Crippen LogP contribution in [-0.2, 0) is 9.59 Å². The van der Waals surface area contributed by atoms with Crippen LogP contribution in [0.25, 0.3) is 0 Å². The number of aliphatic carboxylic acids is 2. The first-order valence-corrected chi connectivity index (χ1v) is 6.08. The largest absolute Gasteiger partial charge is 0.478 e. The van der Waals surface area contributed by atoms with Gasteiger partial charge in [-0.25, -0.2) is 19.2 Å². The average Bonchev–Trinajstić information content (AvgIpc) is 2.53. The Kier molecular flexibility index (Phi) is 12.9. The first-order valence-electron chi connectivity index (χ1n) is 6.08. The molecule has 0 radical (unpaired) electrons. The highest BCUT2D eigenvalue weighted by Crippen LogP contribution is 2.07. The van der Waals surface area contributed by atoms with E-state index in [1.54, 1.807) is 0 Å². The number of hydrogen-bond donors (Lipinski definition) is 6. The number of rotatable bonds is 5. The monoisotopic (exact) mass is 344 g/mol. The Morgan fingerprint density at radius 3 is 1.17 bits per heavy atom. The second kappa shape index (κ2) is 13.4. The van der Waals surface area contributed by atoms with E-state index in [9.17, 15) is 19.2 Å². The molecule has 10 nitrogen and oxygen atoms in total. The van der Waals surface area contributed by atoms with Crippen LogP contribution in [-0.4, -0.2) is 67.7 Å². The molecule has 132 valence electrons. The molecule has 1 rings (SSSR count). The zero-order chi connectivity index (χ0) is 19.1. The minimum Gasteiger partial charge on any atom is -0.478 e. The highest BCUT2D eigenvalue weighted by molar-refractivity contribution is 6.01. The zero-order valence-electron chi connectivity index (χ0n) is 12.2. The standard InChI is InChI=1S/C8H6O4.C4H4O4.C2H6O2/c9-7(10)5-3-1-2-4-6(5)8(11)12;5-3(6)1-2-4(7)8;3-1-2-4/h1-4H,(H,9,10)(H,11,12);1-2H,(H,5,6)(H,7,8);3-4H,1-2H2. The van der Waals surface area contributed by atoms with Crippen molar-refractivity contribution in [1.82, 2.24) is 0 Å². The molecule has 0 heterocycles. The Morgan fingerprint density at radius 1 is 0.708 bits per heavy atom. The summed E-state index contributed by atoms with van der Waals surface area (Å²) in [5.74, 6) is -4.97. The average molecular weight is 344 g/mol. The lowest BCUT2D eigenvalue weighted by atomic mass is 10.1. The molecular formula is C14H16O10. The van der Waals surface area contributed by atoms with Gasteiger partial charge < -0.3 is 30.6 Å². The molecule has 0 atom stereocenters. The van der Waals surface area contributed by atoms with Crippen molar-refractivity contribution in [2.75, 3.05) is 13.2 Å².